The van der Waals surface area contributed by atoms with Crippen molar-refractivity contribution >= 4 is 16.5 Å². The standard InChI is InChI=1S/C11H19N3S/c1-2-10-8-15-11(14-10)13-7-9-3-5-12-6-4-9/h8-9,12H,2-7H2,1H3,(H,13,14). The molecule has 2 rings (SSSR count). The minimum Gasteiger partial charge on any atom is -0.361 e. The van der Waals surface area contributed by atoms with E-state index in [0.29, 0.717) is 0 Å². The average Bonchev–Trinajstić information content (AvgIpc) is 2.76. The SMILES string of the molecule is CCc1csc(NCC2CCNCC2)n1. The first-order valence-corrected chi connectivity index (χ1v) is 6.65. The Hall–Kier alpha value is -0.610. The monoisotopic (exact) mass is 225 g/mol. The molecule has 1 aromatic rings. The van der Waals surface area contributed by atoms with Crippen molar-refractivity contribution in [3.8, 4) is 0 Å². The average molecular weight is 225 g/mol. The van der Waals surface area contributed by atoms with Crippen molar-refractivity contribution < 1.29 is 0 Å². The highest BCUT2D eigenvalue weighted by Crippen LogP contribution is 2.18. The Kier molecular flexibility index (Phi) is 3.97. The van der Waals surface area contributed by atoms with Crippen LogP contribution in [0.3, 0.4) is 0 Å². The normalized spacial score (nSPS) is 17.9. The van der Waals surface area contributed by atoms with E-state index in [9.17, 15) is 0 Å². The summed E-state index contributed by atoms with van der Waals surface area (Å²) in [6.07, 6.45) is 3.61. The van der Waals surface area contributed by atoms with Gasteiger partial charge in [-0.05, 0) is 38.3 Å². The minimum atomic E-state index is 0.820. The lowest BCUT2D eigenvalue weighted by atomic mass is 9.98. The molecule has 1 aromatic heterocycles. The third-order valence-electron chi connectivity index (χ3n) is 2.91. The summed E-state index contributed by atoms with van der Waals surface area (Å²) in [4.78, 5) is 4.50. The van der Waals surface area contributed by atoms with Crippen molar-refractivity contribution in [2.75, 3.05) is 25.0 Å². The second-order valence-electron chi connectivity index (χ2n) is 4.07. The van der Waals surface area contributed by atoms with Gasteiger partial charge in [-0.3, -0.25) is 0 Å². The van der Waals surface area contributed by atoms with Crippen LogP contribution in [0.25, 0.3) is 0 Å². The second-order valence-corrected chi connectivity index (χ2v) is 4.93. The number of aryl methyl sites for hydroxylation is 1. The maximum atomic E-state index is 4.50. The van der Waals surface area contributed by atoms with Gasteiger partial charge < -0.3 is 10.6 Å². The van der Waals surface area contributed by atoms with E-state index in [0.717, 1.165) is 24.0 Å². The minimum absolute atomic E-state index is 0.820. The Bertz CT molecular complexity index is 292. The molecule has 0 spiro atoms. The Morgan fingerprint density at radius 1 is 1.53 bits per heavy atom. The highest BCUT2D eigenvalue weighted by molar-refractivity contribution is 7.13. The van der Waals surface area contributed by atoms with Crippen molar-refractivity contribution in [1.29, 1.82) is 0 Å². The van der Waals surface area contributed by atoms with E-state index in [4.69, 9.17) is 0 Å². The van der Waals surface area contributed by atoms with Gasteiger partial charge in [0.1, 0.15) is 0 Å². The van der Waals surface area contributed by atoms with Gasteiger partial charge in [-0.2, -0.15) is 0 Å². The van der Waals surface area contributed by atoms with Gasteiger partial charge in [-0.25, -0.2) is 4.98 Å². The number of hydrogen-bond donors (Lipinski definition) is 2. The highest BCUT2D eigenvalue weighted by atomic mass is 32.1. The van der Waals surface area contributed by atoms with Gasteiger partial charge in [-0.1, -0.05) is 6.92 Å². The maximum Gasteiger partial charge on any atom is 0.182 e. The van der Waals surface area contributed by atoms with Crippen molar-refractivity contribution in [2.45, 2.75) is 26.2 Å². The van der Waals surface area contributed by atoms with Crippen LogP contribution in [0.2, 0.25) is 0 Å². The van der Waals surface area contributed by atoms with Crippen LogP contribution in [0, 0.1) is 5.92 Å². The van der Waals surface area contributed by atoms with Crippen molar-refractivity contribution in [2.24, 2.45) is 5.92 Å². The summed E-state index contributed by atoms with van der Waals surface area (Å²) in [6, 6.07) is 0. The molecule has 1 aliphatic rings. The summed E-state index contributed by atoms with van der Waals surface area (Å²) in [5.74, 6) is 0.820. The Morgan fingerprint density at radius 3 is 3.00 bits per heavy atom. The zero-order chi connectivity index (χ0) is 10.5. The van der Waals surface area contributed by atoms with Crippen molar-refractivity contribution in [1.82, 2.24) is 10.3 Å². The number of hydrogen-bond acceptors (Lipinski definition) is 4. The largest absolute Gasteiger partial charge is 0.361 e. The topological polar surface area (TPSA) is 37.0 Å². The molecule has 0 radical (unpaired) electrons. The van der Waals surface area contributed by atoms with Crippen LogP contribution in [0.1, 0.15) is 25.5 Å². The zero-order valence-electron chi connectivity index (χ0n) is 9.25. The van der Waals surface area contributed by atoms with E-state index in [1.807, 2.05) is 0 Å². The molecule has 3 nitrogen and oxygen atoms in total. The van der Waals surface area contributed by atoms with E-state index in [-0.39, 0.29) is 0 Å². The molecule has 0 saturated carbocycles. The molecular weight excluding hydrogens is 206 g/mol. The van der Waals surface area contributed by atoms with E-state index in [2.05, 4.69) is 27.9 Å². The molecule has 2 heterocycles. The smallest absolute Gasteiger partial charge is 0.182 e. The molecule has 1 saturated heterocycles. The maximum absolute atomic E-state index is 4.50. The Balaban J connectivity index is 1.76. The first-order valence-electron chi connectivity index (χ1n) is 5.77. The molecule has 1 fully saturated rings. The number of rotatable bonds is 4. The first kappa shape index (κ1) is 10.9. The molecule has 84 valence electrons. The van der Waals surface area contributed by atoms with E-state index in [1.165, 1.54) is 31.6 Å². The summed E-state index contributed by atoms with van der Waals surface area (Å²) in [6.45, 7) is 5.57. The molecule has 0 unspecified atom stereocenters. The molecule has 0 aliphatic carbocycles. The zero-order valence-corrected chi connectivity index (χ0v) is 10.1. The van der Waals surface area contributed by atoms with Gasteiger partial charge in [0, 0.05) is 11.9 Å². The number of nitrogens with one attached hydrogen (secondary N) is 2. The molecule has 1 aliphatic heterocycles. The van der Waals surface area contributed by atoms with Crippen LogP contribution in [0.15, 0.2) is 5.38 Å². The number of nitrogens with zero attached hydrogens (tertiary/aromatic N) is 1. The number of thiazole rings is 1. The van der Waals surface area contributed by atoms with Gasteiger partial charge in [0.15, 0.2) is 5.13 Å². The van der Waals surface area contributed by atoms with Crippen LogP contribution in [0.4, 0.5) is 5.13 Å². The van der Waals surface area contributed by atoms with Gasteiger partial charge >= 0.3 is 0 Å². The van der Waals surface area contributed by atoms with Crippen LogP contribution in [-0.4, -0.2) is 24.6 Å². The molecule has 0 atom stereocenters. The van der Waals surface area contributed by atoms with Crippen LogP contribution in [0.5, 0.6) is 0 Å². The van der Waals surface area contributed by atoms with Crippen LogP contribution < -0.4 is 10.6 Å². The fraction of sp³-hybridized carbons (Fsp3) is 0.727. The first-order chi connectivity index (χ1) is 7.38. The predicted octanol–water partition coefficient (Wildman–Crippen LogP) is 2.12. The quantitative estimate of drug-likeness (QED) is 0.824. The fourth-order valence-electron chi connectivity index (χ4n) is 1.87. The lowest BCUT2D eigenvalue weighted by Crippen LogP contribution is -2.31. The lowest BCUT2D eigenvalue weighted by Gasteiger charge is -2.22. The molecular formula is C11H19N3S. The molecule has 15 heavy (non-hydrogen) atoms. The van der Waals surface area contributed by atoms with Gasteiger partial charge in [-0.15, -0.1) is 11.3 Å². The van der Waals surface area contributed by atoms with Crippen molar-refractivity contribution in [3.63, 3.8) is 0 Å². The molecule has 4 heteroatoms. The summed E-state index contributed by atoms with van der Waals surface area (Å²) in [5, 5.41) is 10.1. The van der Waals surface area contributed by atoms with Crippen molar-refractivity contribution in [3.05, 3.63) is 11.1 Å². The number of anilines is 1. The molecule has 0 bridgehead atoms. The lowest BCUT2D eigenvalue weighted by molar-refractivity contribution is 0.390. The van der Waals surface area contributed by atoms with Gasteiger partial charge in [0.05, 0.1) is 5.69 Å². The summed E-state index contributed by atoms with van der Waals surface area (Å²) >= 11 is 1.72. The Labute approximate surface area is 95.3 Å². The summed E-state index contributed by atoms with van der Waals surface area (Å²) < 4.78 is 0. The van der Waals surface area contributed by atoms with E-state index < -0.39 is 0 Å². The number of piperidine rings is 1. The molecule has 0 aromatic carbocycles. The van der Waals surface area contributed by atoms with E-state index in [1.54, 1.807) is 11.3 Å². The van der Waals surface area contributed by atoms with Crippen LogP contribution >= 0.6 is 11.3 Å². The highest BCUT2D eigenvalue weighted by Gasteiger charge is 2.12. The summed E-state index contributed by atoms with van der Waals surface area (Å²) in [5.41, 5.74) is 1.20. The second kappa shape index (κ2) is 5.47. The Morgan fingerprint density at radius 2 is 2.33 bits per heavy atom. The molecule has 2 N–H and O–H groups in total. The van der Waals surface area contributed by atoms with Gasteiger partial charge in [0.2, 0.25) is 0 Å². The number of aromatic nitrogens is 1. The summed E-state index contributed by atoms with van der Waals surface area (Å²) in [7, 11) is 0. The third kappa shape index (κ3) is 3.18. The third-order valence-corrected chi connectivity index (χ3v) is 3.76. The van der Waals surface area contributed by atoms with Gasteiger partial charge in [0.25, 0.3) is 0 Å². The predicted molar refractivity (Wildman–Crippen MR) is 65.6 cm³/mol. The fourth-order valence-corrected chi connectivity index (χ4v) is 2.67. The molecule has 0 amide bonds. The van der Waals surface area contributed by atoms with E-state index >= 15 is 0 Å². The van der Waals surface area contributed by atoms with Crippen LogP contribution in [-0.2, 0) is 6.42 Å².